The van der Waals surface area contributed by atoms with Crippen molar-refractivity contribution in [2.24, 2.45) is 0 Å². The molecule has 0 fully saturated rings. The Morgan fingerprint density at radius 3 is 2.71 bits per heavy atom. The largest absolute Gasteiger partial charge is 0.395 e. The van der Waals surface area contributed by atoms with Crippen LogP contribution in [-0.2, 0) is 6.54 Å². The lowest BCUT2D eigenvalue weighted by Gasteiger charge is -2.24. The van der Waals surface area contributed by atoms with Gasteiger partial charge in [0, 0.05) is 33.9 Å². The highest BCUT2D eigenvalue weighted by molar-refractivity contribution is 9.10. The molecule has 1 aromatic rings. The third-order valence-electron chi connectivity index (χ3n) is 2.10. The summed E-state index contributed by atoms with van der Waals surface area (Å²) >= 11 is 5.19. The van der Waals surface area contributed by atoms with Gasteiger partial charge in [-0.15, -0.1) is 11.3 Å². The molecular weight excluding hydrogens is 262 g/mol. The molecule has 0 saturated heterocycles. The standard InChI is InChI=1S/C10H16BrNOS/c1-8(2)12(3-4-13)6-10-5-9(11)7-14-10/h5,7-8,13H,3-4,6H2,1-2H3. The highest BCUT2D eigenvalue weighted by Crippen LogP contribution is 2.21. The quantitative estimate of drug-likeness (QED) is 0.895. The van der Waals surface area contributed by atoms with E-state index in [2.05, 4.69) is 46.1 Å². The molecule has 1 aromatic heterocycles. The molecule has 1 heterocycles. The van der Waals surface area contributed by atoms with E-state index in [0.29, 0.717) is 6.04 Å². The highest BCUT2D eigenvalue weighted by Gasteiger charge is 2.10. The number of halogens is 1. The van der Waals surface area contributed by atoms with Gasteiger partial charge >= 0.3 is 0 Å². The second-order valence-electron chi connectivity index (χ2n) is 3.52. The molecule has 0 unspecified atom stereocenters. The molecule has 1 rings (SSSR count). The van der Waals surface area contributed by atoms with Crippen molar-refractivity contribution in [3.8, 4) is 0 Å². The van der Waals surface area contributed by atoms with Gasteiger partial charge in [0.25, 0.3) is 0 Å². The Hall–Kier alpha value is 0.1000. The second-order valence-corrected chi connectivity index (χ2v) is 5.43. The van der Waals surface area contributed by atoms with Crippen molar-refractivity contribution in [2.75, 3.05) is 13.2 Å². The van der Waals surface area contributed by atoms with E-state index in [1.54, 1.807) is 11.3 Å². The topological polar surface area (TPSA) is 23.5 Å². The average molecular weight is 278 g/mol. The van der Waals surface area contributed by atoms with Gasteiger partial charge in [-0.05, 0) is 35.8 Å². The summed E-state index contributed by atoms with van der Waals surface area (Å²) in [4.78, 5) is 3.59. The molecule has 0 spiro atoms. The molecule has 0 radical (unpaired) electrons. The van der Waals surface area contributed by atoms with Crippen LogP contribution in [0, 0.1) is 0 Å². The van der Waals surface area contributed by atoms with Gasteiger partial charge in [0.15, 0.2) is 0 Å². The normalized spacial score (nSPS) is 11.6. The summed E-state index contributed by atoms with van der Waals surface area (Å²) in [6.45, 7) is 6.20. The maximum atomic E-state index is 8.92. The summed E-state index contributed by atoms with van der Waals surface area (Å²) in [6.07, 6.45) is 0. The Bertz CT molecular complexity index is 275. The maximum absolute atomic E-state index is 8.92. The van der Waals surface area contributed by atoms with Crippen LogP contribution in [-0.4, -0.2) is 29.2 Å². The lowest BCUT2D eigenvalue weighted by molar-refractivity contribution is 0.160. The Morgan fingerprint density at radius 1 is 1.57 bits per heavy atom. The van der Waals surface area contributed by atoms with Gasteiger partial charge in [0.2, 0.25) is 0 Å². The summed E-state index contributed by atoms with van der Waals surface area (Å²) in [5.74, 6) is 0. The molecule has 0 amide bonds. The monoisotopic (exact) mass is 277 g/mol. The Balaban J connectivity index is 2.55. The van der Waals surface area contributed by atoms with Crippen molar-refractivity contribution in [3.05, 3.63) is 20.8 Å². The van der Waals surface area contributed by atoms with Crippen LogP contribution in [0.2, 0.25) is 0 Å². The van der Waals surface area contributed by atoms with E-state index in [0.717, 1.165) is 17.6 Å². The summed E-state index contributed by atoms with van der Waals surface area (Å²) < 4.78 is 1.14. The smallest absolute Gasteiger partial charge is 0.0558 e. The molecule has 1 N–H and O–H groups in total. The number of nitrogens with zero attached hydrogens (tertiary/aromatic N) is 1. The molecule has 0 aliphatic rings. The predicted molar refractivity (Wildman–Crippen MR) is 64.7 cm³/mol. The summed E-state index contributed by atoms with van der Waals surface area (Å²) in [6, 6.07) is 2.61. The number of hydrogen-bond donors (Lipinski definition) is 1. The predicted octanol–water partition coefficient (Wildman–Crippen LogP) is 2.71. The lowest BCUT2D eigenvalue weighted by Crippen LogP contribution is -2.32. The number of aliphatic hydroxyl groups excluding tert-OH is 1. The fraction of sp³-hybridized carbons (Fsp3) is 0.600. The molecule has 0 saturated carbocycles. The zero-order chi connectivity index (χ0) is 10.6. The van der Waals surface area contributed by atoms with Gasteiger partial charge in [0.1, 0.15) is 0 Å². The van der Waals surface area contributed by atoms with E-state index >= 15 is 0 Å². The summed E-state index contributed by atoms with van der Waals surface area (Å²) in [5, 5.41) is 11.0. The van der Waals surface area contributed by atoms with Crippen molar-refractivity contribution in [1.82, 2.24) is 4.90 Å². The van der Waals surface area contributed by atoms with Crippen molar-refractivity contribution in [3.63, 3.8) is 0 Å². The van der Waals surface area contributed by atoms with Gasteiger partial charge in [0.05, 0.1) is 6.61 Å². The number of rotatable bonds is 5. The first kappa shape index (κ1) is 12.2. The van der Waals surface area contributed by atoms with Crippen molar-refractivity contribution in [1.29, 1.82) is 0 Å². The van der Waals surface area contributed by atoms with Crippen molar-refractivity contribution < 1.29 is 5.11 Å². The minimum atomic E-state index is 0.227. The first-order valence-electron chi connectivity index (χ1n) is 4.71. The van der Waals surface area contributed by atoms with Crippen LogP contribution in [0.15, 0.2) is 15.9 Å². The highest BCUT2D eigenvalue weighted by atomic mass is 79.9. The van der Waals surface area contributed by atoms with Gasteiger partial charge < -0.3 is 5.11 Å². The van der Waals surface area contributed by atoms with Crippen molar-refractivity contribution >= 4 is 27.3 Å². The van der Waals surface area contributed by atoms with Crippen LogP contribution in [0.3, 0.4) is 0 Å². The van der Waals surface area contributed by atoms with E-state index in [4.69, 9.17) is 5.11 Å². The third-order valence-corrected chi connectivity index (χ3v) is 3.78. The molecule has 0 bridgehead atoms. The number of hydrogen-bond acceptors (Lipinski definition) is 3. The summed E-state index contributed by atoms with van der Waals surface area (Å²) in [5.41, 5.74) is 0. The fourth-order valence-electron chi connectivity index (χ4n) is 1.29. The minimum Gasteiger partial charge on any atom is -0.395 e. The molecule has 4 heteroatoms. The van der Waals surface area contributed by atoms with E-state index in [9.17, 15) is 0 Å². The van der Waals surface area contributed by atoms with E-state index in [1.807, 2.05) is 0 Å². The van der Waals surface area contributed by atoms with Crippen LogP contribution >= 0.6 is 27.3 Å². The zero-order valence-corrected chi connectivity index (χ0v) is 10.9. The lowest BCUT2D eigenvalue weighted by atomic mass is 10.3. The first-order valence-corrected chi connectivity index (χ1v) is 6.38. The minimum absolute atomic E-state index is 0.227. The maximum Gasteiger partial charge on any atom is 0.0558 e. The van der Waals surface area contributed by atoms with Gasteiger partial charge in [-0.2, -0.15) is 0 Å². The molecule has 0 aliphatic heterocycles. The van der Waals surface area contributed by atoms with E-state index in [-0.39, 0.29) is 6.61 Å². The molecule has 80 valence electrons. The van der Waals surface area contributed by atoms with Gasteiger partial charge in [-0.25, -0.2) is 0 Å². The van der Waals surface area contributed by atoms with E-state index in [1.165, 1.54) is 4.88 Å². The van der Waals surface area contributed by atoms with Crippen molar-refractivity contribution in [2.45, 2.75) is 26.4 Å². The fourth-order valence-corrected chi connectivity index (χ4v) is 2.76. The second kappa shape index (κ2) is 5.85. The SMILES string of the molecule is CC(C)N(CCO)Cc1cc(Br)cs1. The molecule has 2 nitrogen and oxygen atoms in total. The molecule has 14 heavy (non-hydrogen) atoms. The first-order chi connectivity index (χ1) is 6.63. The van der Waals surface area contributed by atoms with Crippen LogP contribution in [0.5, 0.6) is 0 Å². The zero-order valence-electron chi connectivity index (χ0n) is 8.53. The summed E-state index contributed by atoms with van der Waals surface area (Å²) in [7, 11) is 0. The van der Waals surface area contributed by atoms with Gasteiger partial charge in [-0.3, -0.25) is 4.90 Å². The third kappa shape index (κ3) is 3.69. The molecule has 0 aliphatic carbocycles. The average Bonchev–Trinajstić information content (AvgIpc) is 2.50. The Morgan fingerprint density at radius 2 is 2.29 bits per heavy atom. The Labute approximate surface area is 97.7 Å². The van der Waals surface area contributed by atoms with Crippen LogP contribution in [0.1, 0.15) is 18.7 Å². The van der Waals surface area contributed by atoms with Crippen LogP contribution < -0.4 is 0 Å². The molecule has 0 aromatic carbocycles. The van der Waals surface area contributed by atoms with Gasteiger partial charge in [-0.1, -0.05) is 0 Å². The van der Waals surface area contributed by atoms with Crippen LogP contribution in [0.4, 0.5) is 0 Å². The number of thiophene rings is 1. The number of aliphatic hydroxyl groups is 1. The van der Waals surface area contributed by atoms with Crippen LogP contribution in [0.25, 0.3) is 0 Å². The molecular formula is C10H16BrNOS. The molecule has 0 atom stereocenters. The Kier molecular flexibility index (Phi) is 5.09. The van der Waals surface area contributed by atoms with E-state index < -0.39 is 0 Å².